The van der Waals surface area contributed by atoms with Gasteiger partial charge >= 0.3 is 0 Å². The summed E-state index contributed by atoms with van der Waals surface area (Å²) < 4.78 is 0. The highest BCUT2D eigenvalue weighted by Gasteiger charge is 2.25. The second-order valence-corrected chi connectivity index (χ2v) is 6.47. The molecule has 0 N–H and O–H groups in total. The standard InChI is InChI=1S/C16H18Si/c1-3-16(2,14-10-6-4-7-11-14)17-15-12-8-5-9-13-15/h4-13H,3H2,1-2H3. The molecule has 2 aromatic rings. The van der Waals surface area contributed by atoms with E-state index >= 15 is 0 Å². The molecule has 1 heteroatoms. The van der Waals surface area contributed by atoms with Gasteiger partial charge in [0.25, 0.3) is 0 Å². The van der Waals surface area contributed by atoms with Gasteiger partial charge in [-0.05, 0) is 17.0 Å². The van der Waals surface area contributed by atoms with Gasteiger partial charge in [-0.1, -0.05) is 79.7 Å². The molecule has 0 bridgehead atoms. The predicted molar refractivity (Wildman–Crippen MR) is 75.9 cm³/mol. The Bertz CT molecular complexity index is 449. The average molecular weight is 238 g/mol. The van der Waals surface area contributed by atoms with Crippen LogP contribution in [0.1, 0.15) is 25.8 Å². The Labute approximate surface area is 107 Å². The Balaban J connectivity index is 2.27. The van der Waals surface area contributed by atoms with Crippen molar-refractivity contribution in [2.24, 2.45) is 0 Å². The van der Waals surface area contributed by atoms with E-state index in [4.69, 9.17) is 0 Å². The van der Waals surface area contributed by atoms with Gasteiger partial charge in [-0.2, -0.15) is 0 Å². The van der Waals surface area contributed by atoms with Crippen molar-refractivity contribution in [2.45, 2.75) is 25.3 Å². The van der Waals surface area contributed by atoms with Crippen LogP contribution in [0.2, 0.25) is 0 Å². The highest BCUT2D eigenvalue weighted by molar-refractivity contribution is 6.56. The van der Waals surface area contributed by atoms with Gasteiger partial charge in [0.15, 0.2) is 0 Å². The molecular weight excluding hydrogens is 220 g/mol. The molecule has 17 heavy (non-hydrogen) atoms. The van der Waals surface area contributed by atoms with Crippen LogP contribution >= 0.6 is 0 Å². The maximum absolute atomic E-state index is 2.37. The van der Waals surface area contributed by atoms with Crippen molar-refractivity contribution >= 4 is 14.7 Å². The SMILES string of the molecule is CCC(C)([Si]c1ccccc1)c1ccccc1. The Morgan fingerprint density at radius 1 is 0.882 bits per heavy atom. The van der Waals surface area contributed by atoms with Gasteiger partial charge in [0, 0.05) is 0 Å². The Morgan fingerprint density at radius 3 is 1.94 bits per heavy atom. The Kier molecular flexibility index (Phi) is 3.80. The average Bonchev–Trinajstić information content (AvgIpc) is 2.41. The molecule has 2 aromatic carbocycles. The lowest BCUT2D eigenvalue weighted by atomic mass is 9.97. The maximum atomic E-state index is 2.37. The maximum Gasteiger partial charge on any atom is 0.0927 e. The summed E-state index contributed by atoms with van der Waals surface area (Å²) in [5, 5.41) is 1.71. The summed E-state index contributed by atoms with van der Waals surface area (Å²) in [5.74, 6) is 0. The predicted octanol–water partition coefficient (Wildman–Crippen LogP) is 3.34. The van der Waals surface area contributed by atoms with Crippen LogP contribution in [0.25, 0.3) is 0 Å². The van der Waals surface area contributed by atoms with E-state index in [-0.39, 0.29) is 5.04 Å². The summed E-state index contributed by atoms with van der Waals surface area (Å²) in [5.41, 5.74) is 1.45. The van der Waals surface area contributed by atoms with Gasteiger partial charge < -0.3 is 0 Å². The molecule has 86 valence electrons. The van der Waals surface area contributed by atoms with Crippen LogP contribution < -0.4 is 5.19 Å². The minimum atomic E-state index is 0.266. The molecule has 0 aliphatic rings. The molecule has 2 rings (SSSR count). The second kappa shape index (κ2) is 5.33. The lowest BCUT2D eigenvalue weighted by Crippen LogP contribution is -2.36. The van der Waals surface area contributed by atoms with Crippen LogP contribution in [0.3, 0.4) is 0 Å². The number of benzene rings is 2. The lowest BCUT2D eigenvalue weighted by Gasteiger charge is -2.28. The molecule has 0 fully saturated rings. The van der Waals surface area contributed by atoms with Crippen molar-refractivity contribution in [3.05, 3.63) is 66.2 Å². The van der Waals surface area contributed by atoms with Crippen molar-refractivity contribution in [3.63, 3.8) is 0 Å². The van der Waals surface area contributed by atoms with E-state index < -0.39 is 0 Å². The quantitative estimate of drug-likeness (QED) is 0.717. The fraction of sp³-hybridized carbons (Fsp3) is 0.250. The molecule has 0 aliphatic carbocycles. The third kappa shape index (κ3) is 2.86. The zero-order chi connectivity index (χ0) is 12.1. The number of hydrogen-bond donors (Lipinski definition) is 0. The molecule has 1 atom stereocenters. The van der Waals surface area contributed by atoms with E-state index in [2.05, 4.69) is 74.5 Å². The van der Waals surface area contributed by atoms with Gasteiger partial charge in [0.2, 0.25) is 0 Å². The summed E-state index contributed by atoms with van der Waals surface area (Å²) in [7, 11) is 0.826. The van der Waals surface area contributed by atoms with Crippen molar-refractivity contribution < 1.29 is 0 Å². The van der Waals surface area contributed by atoms with Crippen molar-refractivity contribution in [2.75, 3.05) is 0 Å². The zero-order valence-electron chi connectivity index (χ0n) is 10.5. The van der Waals surface area contributed by atoms with Crippen LogP contribution in [0.15, 0.2) is 60.7 Å². The fourth-order valence-electron chi connectivity index (χ4n) is 2.01. The molecule has 0 aliphatic heterocycles. The molecule has 0 spiro atoms. The van der Waals surface area contributed by atoms with Gasteiger partial charge in [0.05, 0.1) is 9.52 Å². The van der Waals surface area contributed by atoms with Crippen LogP contribution in [0.4, 0.5) is 0 Å². The highest BCUT2D eigenvalue weighted by atomic mass is 28.2. The van der Waals surface area contributed by atoms with Crippen molar-refractivity contribution in [1.29, 1.82) is 0 Å². The molecule has 0 saturated heterocycles. The largest absolute Gasteiger partial charge is 0.0927 e. The molecule has 2 radical (unpaired) electrons. The summed E-state index contributed by atoms with van der Waals surface area (Å²) >= 11 is 0. The topological polar surface area (TPSA) is 0 Å². The summed E-state index contributed by atoms with van der Waals surface area (Å²) in [6, 6.07) is 21.7. The molecular formula is C16H18Si. The lowest BCUT2D eigenvalue weighted by molar-refractivity contribution is 0.643. The van der Waals surface area contributed by atoms with Gasteiger partial charge in [-0.15, -0.1) is 0 Å². The molecule has 0 amide bonds. The molecule has 0 nitrogen and oxygen atoms in total. The van der Waals surface area contributed by atoms with E-state index in [1.54, 1.807) is 0 Å². The highest BCUT2D eigenvalue weighted by Crippen LogP contribution is 2.25. The monoisotopic (exact) mass is 238 g/mol. The van der Waals surface area contributed by atoms with Crippen LogP contribution in [0.5, 0.6) is 0 Å². The van der Waals surface area contributed by atoms with Gasteiger partial charge in [-0.25, -0.2) is 0 Å². The van der Waals surface area contributed by atoms with Crippen molar-refractivity contribution in [3.8, 4) is 0 Å². The smallest absolute Gasteiger partial charge is 0.0648 e. The second-order valence-electron chi connectivity index (χ2n) is 4.54. The Hall–Kier alpha value is -1.34. The van der Waals surface area contributed by atoms with E-state index in [9.17, 15) is 0 Å². The van der Waals surface area contributed by atoms with Crippen LogP contribution in [0, 0.1) is 0 Å². The first kappa shape index (κ1) is 12.1. The van der Waals surface area contributed by atoms with Crippen LogP contribution in [-0.2, 0) is 5.04 Å². The molecule has 1 unspecified atom stereocenters. The van der Waals surface area contributed by atoms with Gasteiger partial charge in [-0.3, -0.25) is 0 Å². The fourth-order valence-corrected chi connectivity index (χ4v) is 3.49. The molecule has 0 saturated carbocycles. The Morgan fingerprint density at radius 2 is 1.41 bits per heavy atom. The minimum Gasteiger partial charge on any atom is -0.0648 e. The first-order valence-corrected chi connectivity index (χ1v) is 7.13. The van der Waals surface area contributed by atoms with E-state index in [0.717, 1.165) is 9.52 Å². The number of rotatable bonds is 4. The normalized spacial score (nSPS) is 14.2. The third-order valence-electron chi connectivity index (χ3n) is 3.31. The summed E-state index contributed by atoms with van der Waals surface area (Å²) in [6.07, 6.45) is 1.17. The van der Waals surface area contributed by atoms with E-state index in [1.807, 2.05) is 0 Å². The zero-order valence-corrected chi connectivity index (χ0v) is 11.5. The summed E-state index contributed by atoms with van der Waals surface area (Å²) in [4.78, 5) is 0. The van der Waals surface area contributed by atoms with Gasteiger partial charge in [0.1, 0.15) is 0 Å². The van der Waals surface area contributed by atoms with E-state index in [1.165, 1.54) is 17.2 Å². The summed E-state index contributed by atoms with van der Waals surface area (Å²) in [6.45, 7) is 4.65. The number of hydrogen-bond acceptors (Lipinski definition) is 0. The first-order chi connectivity index (χ1) is 8.24. The third-order valence-corrected chi connectivity index (χ3v) is 5.13. The van der Waals surface area contributed by atoms with E-state index in [0.29, 0.717) is 0 Å². The molecule has 0 aromatic heterocycles. The first-order valence-electron chi connectivity index (χ1n) is 6.13. The molecule has 0 heterocycles. The van der Waals surface area contributed by atoms with Crippen LogP contribution in [-0.4, -0.2) is 9.52 Å². The van der Waals surface area contributed by atoms with Crippen molar-refractivity contribution in [1.82, 2.24) is 0 Å². The minimum absolute atomic E-state index is 0.266.